The summed E-state index contributed by atoms with van der Waals surface area (Å²) in [7, 11) is 0. The minimum absolute atomic E-state index is 0.0385. The van der Waals surface area contributed by atoms with Crippen LogP contribution in [0.3, 0.4) is 0 Å². The van der Waals surface area contributed by atoms with E-state index in [0.29, 0.717) is 21.5 Å². The standard InChI is InChI=1S/C36H28N2O2/c1-21-7-5-9-25(15-21)37-31-17-23(3)11-13-27(31)35(39)29-20-34-30(19-33(29)37)36(40)28-14-12-24(4)18-32(28)38(34)26-10-6-8-22(2)16-26/h5-20H,1-4H3. The van der Waals surface area contributed by atoms with Crippen molar-refractivity contribution in [3.8, 4) is 11.4 Å². The number of aromatic nitrogens is 2. The predicted molar refractivity (Wildman–Crippen MR) is 167 cm³/mol. The van der Waals surface area contributed by atoms with Gasteiger partial charge in [-0.1, -0.05) is 36.4 Å². The Morgan fingerprint density at radius 2 is 0.775 bits per heavy atom. The molecule has 0 aliphatic rings. The lowest BCUT2D eigenvalue weighted by atomic mass is 10.0. The van der Waals surface area contributed by atoms with Gasteiger partial charge < -0.3 is 9.13 Å². The molecule has 0 radical (unpaired) electrons. The molecule has 0 amide bonds. The van der Waals surface area contributed by atoms with Crippen LogP contribution in [0, 0.1) is 27.7 Å². The van der Waals surface area contributed by atoms with Gasteiger partial charge >= 0.3 is 0 Å². The summed E-state index contributed by atoms with van der Waals surface area (Å²) in [5, 5.41) is 2.47. The van der Waals surface area contributed by atoms with Crippen molar-refractivity contribution in [2.24, 2.45) is 0 Å². The maximum atomic E-state index is 14.1. The topological polar surface area (TPSA) is 44.0 Å². The molecule has 2 heterocycles. The Bertz CT molecular complexity index is 2140. The molecule has 194 valence electrons. The van der Waals surface area contributed by atoms with Crippen molar-refractivity contribution in [3.05, 3.63) is 140 Å². The minimum atomic E-state index is -0.0385. The summed E-state index contributed by atoms with van der Waals surface area (Å²) in [6.07, 6.45) is 0. The van der Waals surface area contributed by atoms with Crippen LogP contribution in [0.25, 0.3) is 55.0 Å². The molecular formula is C36H28N2O2. The molecule has 0 aliphatic heterocycles. The lowest BCUT2D eigenvalue weighted by molar-refractivity contribution is 1.14. The smallest absolute Gasteiger partial charge is 0.197 e. The second kappa shape index (κ2) is 8.78. The third-order valence-electron chi connectivity index (χ3n) is 7.88. The van der Waals surface area contributed by atoms with Crippen LogP contribution in [0.15, 0.2) is 107 Å². The summed E-state index contributed by atoms with van der Waals surface area (Å²) in [5.41, 5.74) is 9.31. The lowest BCUT2D eigenvalue weighted by Crippen LogP contribution is -2.15. The third-order valence-corrected chi connectivity index (χ3v) is 7.88. The summed E-state index contributed by atoms with van der Waals surface area (Å²) < 4.78 is 4.25. The fourth-order valence-electron chi connectivity index (χ4n) is 5.99. The predicted octanol–water partition coefficient (Wildman–Crippen LogP) is 7.83. The number of hydrogen-bond donors (Lipinski definition) is 0. The largest absolute Gasteiger partial charge is 0.309 e. The highest BCUT2D eigenvalue weighted by Gasteiger charge is 2.19. The molecule has 5 aromatic carbocycles. The Hall–Kier alpha value is -4.96. The number of benzene rings is 5. The highest BCUT2D eigenvalue weighted by Crippen LogP contribution is 2.31. The average molecular weight is 521 g/mol. The zero-order valence-corrected chi connectivity index (χ0v) is 22.9. The molecule has 0 spiro atoms. The van der Waals surface area contributed by atoms with Crippen LogP contribution >= 0.6 is 0 Å². The van der Waals surface area contributed by atoms with Gasteiger partial charge in [-0.05, 0) is 111 Å². The van der Waals surface area contributed by atoms with Crippen LogP contribution in [-0.2, 0) is 0 Å². The number of rotatable bonds is 2. The summed E-state index contributed by atoms with van der Waals surface area (Å²) in [4.78, 5) is 28.2. The van der Waals surface area contributed by atoms with E-state index in [9.17, 15) is 9.59 Å². The van der Waals surface area contributed by atoms with Gasteiger partial charge in [0.05, 0.1) is 22.1 Å². The van der Waals surface area contributed by atoms with E-state index in [1.54, 1.807) is 0 Å². The van der Waals surface area contributed by atoms with Crippen LogP contribution in [0.2, 0.25) is 0 Å². The molecule has 7 rings (SSSR count). The van der Waals surface area contributed by atoms with Gasteiger partial charge in [0, 0.05) is 32.9 Å². The lowest BCUT2D eigenvalue weighted by Gasteiger charge is -2.20. The number of hydrogen-bond acceptors (Lipinski definition) is 2. The van der Waals surface area contributed by atoms with E-state index in [4.69, 9.17) is 0 Å². The molecule has 0 unspecified atom stereocenters. The summed E-state index contributed by atoms with van der Waals surface area (Å²) in [6, 6.07) is 32.3. The minimum Gasteiger partial charge on any atom is -0.309 e. The number of nitrogens with zero attached hydrogens (tertiary/aromatic N) is 2. The zero-order chi connectivity index (χ0) is 27.7. The molecule has 0 atom stereocenters. The molecule has 4 heteroatoms. The van der Waals surface area contributed by atoms with E-state index < -0.39 is 0 Å². The number of pyridine rings is 2. The van der Waals surface area contributed by atoms with Gasteiger partial charge in [-0.25, -0.2) is 0 Å². The van der Waals surface area contributed by atoms with E-state index in [1.807, 2.05) is 62.4 Å². The first kappa shape index (κ1) is 24.1. The highest BCUT2D eigenvalue weighted by molar-refractivity contribution is 6.05. The van der Waals surface area contributed by atoms with Gasteiger partial charge in [0.2, 0.25) is 0 Å². The normalized spacial score (nSPS) is 11.7. The fourth-order valence-corrected chi connectivity index (χ4v) is 5.99. The Kier molecular flexibility index (Phi) is 5.29. The van der Waals surface area contributed by atoms with E-state index in [1.165, 1.54) is 0 Å². The quantitative estimate of drug-likeness (QED) is 0.218. The highest BCUT2D eigenvalue weighted by atomic mass is 16.1. The van der Waals surface area contributed by atoms with Crippen LogP contribution in [-0.4, -0.2) is 9.13 Å². The SMILES string of the molecule is Cc1cccc(-n2c3cc(C)ccc3c(=O)c3cc4c(cc32)c(=O)c2ccc(C)cc2n4-c2cccc(C)c2)c1. The molecule has 4 nitrogen and oxygen atoms in total. The molecule has 0 saturated heterocycles. The average Bonchev–Trinajstić information content (AvgIpc) is 2.93. The second-order valence-corrected chi connectivity index (χ2v) is 10.9. The molecule has 0 fully saturated rings. The molecule has 2 aromatic heterocycles. The third kappa shape index (κ3) is 3.60. The molecule has 0 bridgehead atoms. The first-order chi connectivity index (χ1) is 19.3. The van der Waals surface area contributed by atoms with Gasteiger partial charge in [0.15, 0.2) is 10.9 Å². The number of aryl methyl sites for hydroxylation is 4. The van der Waals surface area contributed by atoms with E-state index >= 15 is 0 Å². The summed E-state index contributed by atoms with van der Waals surface area (Å²) in [5.74, 6) is 0. The molecule has 40 heavy (non-hydrogen) atoms. The summed E-state index contributed by atoms with van der Waals surface area (Å²) >= 11 is 0. The van der Waals surface area contributed by atoms with Crippen LogP contribution in [0.1, 0.15) is 22.3 Å². The summed E-state index contributed by atoms with van der Waals surface area (Å²) in [6.45, 7) is 8.19. The van der Waals surface area contributed by atoms with Crippen molar-refractivity contribution in [2.75, 3.05) is 0 Å². The van der Waals surface area contributed by atoms with Crippen molar-refractivity contribution in [3.63, 3.8) is 0 Å². The van der Waals surface area contributed by atoms with Gasteiger partial charge in [-0.2, -0.15) is 0 Å². The Labute approximate surface area is 231 Å². The molecule has 0 saturated carbocycles. The fraction of sp³-hybridized carbons (Fsp3) is 0.111. The van der Waals surface area contributed by atoms with E-state index in [-0.39, 0.29) is 10.9 Å². The molecular weight excluding hydrogens is 492 g/mol. The number of fused-ring (bicyclic) bond motifs is 4. The van der Waals surface area contributed by atoms with Crippen molar-refractivity contribution < 1.29 is 0 Å². The van der Waals surface area contributed by atoms with E-state index in [2.05, 4.69) is 71.5 Å². The van der Waals surface area contributed by atoms with Gasteiger partial charge in [-0.15, -0.1) is 0 Å². The zero-order valence-electron chi connectivity index (χ0n) is 22.9. The first-order valence-electron chi connectivity index (χ1n) is 13.5. The molecule has 0 aliphatic carbocycles. The van der Waals surface area contributed by atoms with Crippen LogP contribution < -0.4 is 10.9 Å². The van der Waals surface area contributed by atoms with Crippen LogP contribution in [0.5, 0.6) is 0 Å². The molecule has 7 aromatic rings. The Morgan fingerprint density at radius 3 is 1.18 bits per heavy atom. The molecule has 0 N–H and O–H groups in total. The monoisotopic (exact) mass is 520 g/mol. The van der Waals surface area contributed by atoms with Gasteiger partial charge in [-0.3, -0.25) is 9.59 Å². The van der Waals surface area contributed by atoms with Crippen molar-refractivity contribution in [1.82, 2.24) is 9.13 Å². The van der Waals surface area contributed by atoms with Crippen molar-refractivity contribution in [2.45, 2.75) is 27.7 Å². The Balaban J connectivity index is 1.76. The first-order valence-corrected chi connectivity index (χ1v) is 13.5. The van der Waals surface area contributed by atoms with Gasteiger partial charge in [0.25, 0.3) is 0 Å². The Morgan fingerprint density at radius 1 is 0.400 bits per heavy atom. The second-order valence-electron chi connectivity index (χ2n) is 10.9. The maximum Gasteiger partial charge on any atom is 0.197 e. The maximum absolute atomic E-state index is 14.1. The van der Waals surface area contributed by atoms with Crippen molar-refractivity contribution in [1.29, 1.82) is 0 Å². The van der Waals surface area contributed by atoms with Crippen LogP contribution in [0.4, 0.5) is 0 Å². The van der Waals surface area contributed by atoms with E-state index in [0.717, 1.165) is 55.7 Å². The van der Waals surface area contributed by atoms with Crippen molar-refractivity contribution >= 4 is 43.6 Å². The van der Waals surface area contributed by atoms with Gasteiger partial charge in [0.1, 0.15) is 0 Å².